The van der Waals surface area contributed by atoms with Crippen LogP contribution in [0.15, 0.2) is 35.6 Å². The predicted molar refractivity (Wildman–Crippen MR) is 81.4 cm³/mol. The molecule has 20 heavy (non-hydrogen) atoms. The van der Waals surface area contributed by atoms with E-state index in [0.29, 0.717) is 13.0 Å². The molecule has 1 unspecified atom stereocenters. The van der Waals surface area contributed by atoms with Gasteiger partial charge in [0.05, 0.1) is 6.61 Å². The van der Waals surface area contributed by atoms with E-state index in [0.717, 1.165) is 18.4 Å². The number of unbranched alkanes of at least 4 members (excludes halogenated alkanes) is 4. The summed E-state index contributed by atoms with van der Waals surface area (Å²) < 4.78 is 5.08. The molecule has 3 nitrogen and oxygen atoms in total. The fourth-order valence-corrected chi connectivity index (χ4v) is 2.31. The normalized spacial score (nSPS) is 14.6. The molecule has 1 N–H and O–H groups in total. The van der Waals surface area contributed by atoms with Gasteiger partial charge < -0.3 is 9.84 Å². The third-order valence-corrected chi connectivity index (χ3v) is 3.46. The molecule has 0 amide bonds. The Labute approximate surface area is 122 Å². The van der Waals surface area contributed by atoms with Crippen LogP contribution in [-0.2, 0) is 9.53 Å². The van der Waals surface area contributed by atoms with E-state index in [4.69, 9.17) is 4.74 Å². The molecular formula is C17H26O3. The maximum atomic E-state index is 12.0. The van der Waals surface area contributed by atoms with Gasteiger partial charge >= 0.3 is 5.97 Å². The lowest BCUT2D eigenvalue weighted by molar-refractivity contribution is -0.147. The number of carbonyl (C=O) groups is 1. The molecule has 1 rings (SSSR count). The van der Waals surface area contributed by atoms with Crippen molar-refractivity contribution in [2.45, 2.75) is 52.4 Å². The lowest BCUT2D eigenvalue weighted by Crippen LogP contribution is -2.21. The van der Waals surface area contributed by atoms with Crippen molar-refractivity contribution in [3.05, 3.63) is 35.6 Å². The second kappa shape index (κ2) is 9.40. The van der Waals surface area contributed by atoms with E-state index >= 15 is 0 Å². The first-order chi connectivity index (χ1) is 9.70. The smallest absolute Gasteiger partial charge is 0.316 e. The van der Waals surface area contributed by atoms with E-state index in [9.17, 15) is 9.90 Å². The summed E-state index contributed by atoms with van der Waals surface area (Å²) in [4.78, 5) is 12.0. The van der Waals surface area contributed by atoms with Crippen LogP contribution in [0.2, 0.25) is 0 Å². The fourth-order valence-electron chi connectivity index (χ4n) is 2.31. The summed E-state index contributed by atoms with van der Waals surface area (Å²) in [6.07, 6.45) is 13.6. The van der Waals surface area contributed by atoms with Crippen LogP contribution >= 0.6 is 0 Å². The minimum atomic E-state index is -0.529. The van der Waals surface area contributed by atoms with Crippen molar-refractivity contribution in [1.82, 2.24) is 0 Å². The highest BCUT2D eigenvalue weighted by molar-refractivity contribution is 5.76. The summed E-state index contributed by atoms with van der Waals surface area (Å²) in [6, 6.07) is 0. The van der Waals surface area contributed by atoms with Gasteiger partial charge in [0.25, 0.3) is 0 Å². The zero-order valence-corrected chi connectivity index (χ0v) is 12.6. The molecule has 1 aliphatic carbocycles. The average molecular weight is 278 g/mol. The van der Waals surface area contributed by atoms with Crippen molar-refractivity contribution in [2.75, 3.05) is 6.61 Å². The summed E-state index contributed by atoms with van der Waals surface area (Å²) in [5.74, 6) is -0.704. The number of aliphatic hydroxyl groups is 1. The number of carbonyl (C=O) groups excluding carboxylic acids is 1. The van der Waals surface area contributed by atoms with Crippen LogP contribution in [0.5, 0.6) is 0 Å². The Bertz CT molecular complexity index is 377. The van der Waals surface area contributed by atoms with E-state index in [1.807, 2.05) is 24.3 Å². The van der Waals surface area contributed by atoms with Crippen molar-refractivity contribution < 1.29 is 14.6 Å². The van der Waals surface area contributed by atoms with E-state index in [2.05, 4.69) is 6.92 Å². The second-order valence-corrected chi connectivity index (χ2v) is 5.07. The summed E-state index contributed by atoms with van der Waals surface area (Å²) in [6.45, 7) is 4.31. The van der Waals surface area contributed by atoms with Crippen molar-refractivity contribution >= 4 is 5.97 Å². The van der Waals surface area contributed by atoms with Crippen LogP contribution in [0.1, 0.15) is 52.4 Å². The van der Waals surface area contributed by atoms with Gasteiger partial charge in [-0.3, -0.25) is 4.79 Å². The van der Waals surface area contributed by atoms with E-state index in [-0.39, 0.29) is 11.7 Å². The lowest BCUT2D eigenvalue weighted by atomic mass is 9.96. The number of rotatable bonds is 9. The minimum absolute atomic E-state index is 0.143. The average Bonchev–Trinajstić information content (AvgIpc) is 2.96. The number of ether oxygens (including phenoxy) is 1. The predicted octanol–water partition coefficient (Wildman–Crippen LogP) is 4.46. The monoisotopic (exact) mass is 278 g/mol. The molecule has 0 spiro atoms. The first-order valence-corrected chi connectivity index (χ1v) is 7.65. The Balaban J connectivity index is 2.61. The van der Waals surface area contributed by atoms with E-state index in [1.165, 1.54) is 19.3 Å². The molecule has 1 atom stereocenters. The molecule has 0 aromatic carbocycles. The summed E-state index contributed by atoms with van der Waals surface area (Å²) in [5.41, 5.74) is 0.719. The van der Waals surface area contributed by atoms with Gasteiger partial charge in [-0.05, 0) is 13.3 Å². The molecule has 0 saturated heterocycles. The van der Waals surface area contributed by atoms with Gasteiger partial charge in [0.15, 0.2) is 0 Å². The Morgan fingerprint density at radius 2 is 1.80 bits per heavy atom. The van der Waals surface area contributed by atoms with Gasteiger partial charge in [0.2, 0.25) is 0 Å². The van der Waals surface area contributed by atoms with Gasteiger partial charge in [-0.15, -0.1) is 0 Å². The van der Waals surface area contributed by atoms with Crippen LogP contribution in [0.3, 0.4) is 0 Å². The standard InChI is InChI=1S/C17H26O3/c1-3-5-6-7-8-13-15(17(19)20-4-2)16(18)14-11-9-10-12-14/h9-12,15,18H,3-8,13H2,1-2H3. The quantitative estimate of drug-likeness (QED) is 0.384. The number of aliphatic hydroxyl groups excluding tert-OH is 1. The summed E-state index contributed by atoms with van der Waals surface area (Å²) in [7, 11) is 0. The molecular weight excluding hydrogens is 252 g/mol. The van der Waals surface area contributed by atoms with Crippen LogP contribution in [0, 0.1) is 5.92 Å². The largest absolute Gasteiger partial charge is 0.511 e. The summed E-state index contributed by atoms with van der Waals surface area (Å²) in [5, 5.41) is 10.3. The molecule has 0 radical (unpaired) electrons. The third kappa shape index (κ3) is 5.24. The maximum Gasteiger partial charge on any atom is 0.316 e. The van der Waals surface area contributed by atoms with Crippen LogP contribution in [0.4, 0.5) is 0 Å². The van der Waals surface area contributed by atoms with Crippen molar-refractivity contribution in [3.63, 3.8) is 0 Å². The van der Waals surface area contributed by atoms with Crippen LogP contribution in [-0.4, -0.2) is 17.7 Å². The van der Waals surface area contributed by atoms with Crippen molar-refractivity contribution in [2.24, 2.45) is 5.92 Å². The van der Waals surface area contributed by atoms with Gasteiger partial charge in [-0.1, -0.05) is 63.3 Å². The Morgan fingerprint density at radius 1 is 1.15 bits per heavy atom. The molecule has 0 bridgehead atoms. The first kappa shape index (κ1) is 16.5. The fraction of sp³-hybridized carbons (Fsp3) is 0.588. The molecule has 0 aromatic rings. The van der Waals surface area contributed by atoms with Crippen molar-refractivity contribution in [1.29, 1.82) is 0 Å². The molecule has 112 valence electrons. The Hall–Kier alpha value is -1.51. The van der Waals surface area contributed by atoms with Gasteiger partial charge in [-0.25, -0.2) is 0 Å². The zero-order valence-electron chi connectivity index (χ0n) is 12.6. The number of esters is 1. The molecule has 0 fully saturated rings. The van der Waals surface area contributed by atoms with E-state index in [1.54, 1.807) is 6.92 Å². The number of allylic oxidation sites excluding steroid dienone is 5. The minimum Gasteiger partial charge on any atom is -0.511 e. The van der Waals surface area contributed by atoms with Gasteiger partial charge in [0.1, 0.15) is 11.7 Å². The molecule has 0 aliphatic heterocycles. The third-order valence-electron chi connectivity index (χ3n) is 3.46. The molecule has 0 heterocycles. The van der Waals surface area contributed by atoms with Crippen molar-refractivity contribution in [3.8, 4) is 0 Å². The first-order valence-electron chi connectivity index (χ1n) is 7.65. The van der Waals surface area contributed by atoms with Crippen LogP contribution in [0.25, 0.3) is 0 Å². The molecule has 0 saturated carbocycles. The number of hydrogen-bond acceptors (Lipinski definition) is 3. The van der Waals surface area contributed by atoms with Crippen LogP contribution < -0.4 is 0 Å². The highest BCUT2D eigenvalue weighted by Crippen LogP contribution is 2.24. The highest BCUT2D eigenvalue weighted by atomic mass is 16.5. The lowest BCUT2D eigenvalue weighted by Gasteiger charge is -2.16. The molecule has 1 aliphatic rings. The topological polar surface area (TPSA) is 46.5 Å². The SMILES string of the molecule is CCCCCCCC(C(=O)OCC)C(O)=C1C=CC=C1. The second-order valence-electron chi connectivity index (χ2n) is 5.07. The van der Waals surface area contributed by atoms with E-state index < -0.39 is 5.92 Å². The van der Waals surface area contributed by atoms with Gasteiger partial charge in [-0.2, -0.15) is 0 Å². The number of hydrogen-bond donors (Lipinski definition) is 1. The summed E-state index contributed by atoms with van der Waals surface area (Å²) >= 11 is 0. The molecule has 0 aromatic heterocycles. The Morgan fingerprint density at radius 3 is 2.40 bits per heavy atom. The van der Waals surface area contributed by atoms with Gasteiger partial charge in [0, 0.05) is 5.57 Å². The molecule has 3 heteroatoms. The highest BCUT2D eigenvalue weighted by Gasteiger charge is 2.25. The Kier molecular flexibility index (Phi) is 7.78. The maximum absolute atomic E-state index is 12.0. The zero-order chi connectivity index (χ0) is 14.8.